The van der Waals surface area contributed by atoms with E-state index >= 15 is 0 Å². The Morgan fingerprint density at radius 2 is 1.73 bits per heavy atom. The SMILES string of the molecule is Cc1cccn1-n1cccc1. The Morgan fingerprint density at radius 3 is 2.27 bits per heavy atom. The molecule has 2 nitrogen and oxygen atoms in total. The van der Waals surface area contributed by atoms with Gasteiger partial charge in [0, 0.05) is 24.3 Å². The van der Waals surface area contributed by atoms with Gasteiger partial charge in [-0.3, -0.25) is 9.35 Å². The second-order valence-corrected chi connectivity index (χ2v) is 2.56. The van der Waals surface area contributed by atoms with Gasteiger partial charge in [-0.25, -0.2) is 0 Å². The number of rotatable bonds is 1. The Bertz CT molecular complexity index is 330. The van der Waals surface area contributed by atoms with Crippen molar-refractivity contribution in [1.29, 1.82) is 0 Å². The average molecular weight is 146 g/mol. The predicted molar refractivity (Wildman–Crippen MR) is 44.4 cm³/mol. The summed E-state index contributed by atoms with van der Waals surface area (Å²) in [7, 11) is 0. The lowest BCUT2D eigenvalue weighted by Gasteiger charge is -2.05. The van der Waals surface area contributed by atoms with E-state index in [4.69, 9.17) is 0 Å². The minimum atomic E-state index is 1.24. The van der Waals surface area contributed by atoms with Crippen molar-refractivity contribution >= 4 is 0 Å². The fraction of sp³-hybridized carbons (Fsp3) is 0.111. The van der Waals surface area contributed by atoms with Crippen LogP contribution in [-0.4, -0.2) is 9.35 Å². The largest absolute Gasteiger partial charge is 0.264 e. The van der Waals surface area contributed by atoms with E-state index in [0.29, 0.717) is 0 Å². The summed E-state index contributed by atoms with van der Waals surface area (Å²) in [6, 6.07) is 8.15. The van der Waals surface area contributed by atoms with E-state index in [0.717, 1.165) is 0 Å². The maximum absolute atomic E-state index is 2.08. The summed E-state index contributed by atoms with van der Waals surface area (Å²) in [4.78, 5) is 0. The monoisotopic (exact) mass is 146 g/mol. The highest BCUT2D eigenvalue weighted by Gasteiger charge is 1.93. The van der Waals surface area contributed by atoms with Gasteiger partial charge in [-0.1, -0.05) is 0 Å². The molecule has 0 aliphatic carbocycles. The Hall–Kier alpha value is -1.44. The minimum Gasteiger partial charge on any atom is -0.264 e. The summed E-state index contributed by atoms with van der Waals surface area (Å²) in [5.41, 5.74) is 1.24. The average Bonchev–Trinajstić information content (AvgIpc) is 2.55. The van der Waals surface area contributed by atoms with Crippen LogP contribution in [-0.2, 0) is 0 Å². The standard InChI is InChI=1S/C9H10N2/c1-9-5-4-8-11(9)10-6-2-3-7-10/h2-8H,1H3. The summed E-state index contributed by atoms with van der Waals surface area (Å²) >= 11 is 0. The Labute approximate surface area is 65.7 Å². The first kappa shape index (κ1) is 6.28. The number of aromatic nitrogens is 2. The molecule has 56 valence electrons. The van der Waals surface area contributed by atoms with Crippen molar-refractivity contribution < 1.29 is 0 Å². The van der Waals surface area contributed by atoms with Crippen molar-refractivity contribution in [2.45, 2.75) is 6.92 Å². The molecule has 0 spiro atoms. The van der Waals surface area contributed by atoms with E-state index in [2.05, 4.69) is 17.7 Å². The van der Waals surface area contributed by atoms with Gasteiger partial charge in [0.25, 0.3) is 0 Å². The van der Waals surface area contributed by atoms with E-state index in [9.17, 15) is 0 Å². The molecule has 0 aliphatic rings. The lowest BCUT2D eigenvalue weighted by molar-refractivity contribution is 0.648. The zero-order chi connectivity index (χ0) is 7.68. The van der Waals surface area contributed by atoms with Gasteiger partial charge in [0.05, 0.1) is 0 Å². The number of hydrogen-bond donors (Lipinski definition) is 0. The van der Waals surface area contributed by atoms with Crippen molar-refractivity contribution in [2.75, 3.05) is 0 Å². The molecule has 2 aromatic rings. The van der Waals surface area contributed by atoms with Gasteiger partial charge >= 0.3 is 0 Å². The van der Waals surface area contributed by atoms with E-state index in [1.807, 2.05) is 41.5 Å². The molecule has 0 unspecified atom stereocenters. The lowest BCUT2D eigenvalue weighted by Crippen LogP contribution is -2.05. The second kappa shape index (κ2) is 2.31. The normalized spacial score (nSPS) is 10.3. The molecule has 2 rings (SSSR count). The molecular formula is C9H10N2. The molecule has 2 aromatic heterocycles. The van der Waals surface area contributed by atoms with Crippen LogP contribution in [0.4, 0.5) is 0 Å². The molecule has 0 N–H and O–H groups in total. The van der Waals surface area contributed by atoms with Crippen LogP contribution in [0.3, 0.4) is 0 Å². The van der Waals surface area contributed by atoms with Crippen molar-refractivity contribution in [3.05, 3.63) is 48.5 Å². The molecule has 0 radical (unpaired) electrons. The summed E-state index contributed by atoms with van der Waals surface area (Å²) in [6.45, 7) is 2.08. The van der Waals surface area contributed by atoms with Crippen molar-refractivity contribution in [2.24, 2.45) is 0 Å². The van der Waals surface area contributed by atoms with Gasteiger partial charge in [-0.05, 0) is 31.2 Å². The molecule has 0 aromatic carbocycles. The number of hydrogen-bond acceptors (Lipinski definition) is 0. The van der Waals surface area contributed by atoms with Gasteiger partial charge in [-0.2, -0.15) is 0 Å². The van der Waals surface area contributed by atoms with Crippen molar-refractivity contribution in [3.63, 3.8) is 0 Å². The van der Waals surface area contributed by atoms with Gasteiger partial charge in [0.15, 0.2) is 0 Å². The van der Waals surface area contributed by atoms with Crippen LogP contribution in [0.15, 0.2) is 42.9 Å². The van der Waals surface area contributed by atoms with Gasteiger partial charge in [0.2, 0.25) is 0 Å². The molecule has 0 amide bonds. The molecular weight excluding hydrogens is 136 g/mol. The molecule has 0 aliphatic heterocycles. The van der Waals surface area contributed by atoms with Crippen LogP contribution in [0.25, 0.3) is 0 Å². The topological polar surface area (TPSA) is 9.86 Å². The fourth-order valence-corrected chi connectivity index (χ4v) is 1.19. The lowest BCUT2D eigenvalue weighted by atomic mass is 10.5. The quantitative estimate of drug-likeness (QED) is 0.581. The van der Waals surface area contributed by atoms with Crippen LogP contribution in [0.1, 0.15) is 5.69 Å². The molecule has 0 fully saturated rings. The third-order valence-electron chi connectivity index (χ3n) is 1.76. The van der Waals surface area contributed by atoms with Gasteiger partial charge < -0.3 is 0 Å². The molecule has 0 bridgehead atoms. The Morgan fingerprint density at radius 1 is 1.00 bits per heavy atom. The summed E-state index contributed by atoms with van der Waals surface area (Å²) in [6.07, 6.45) is 6.08. The Balaban J connectivity index is 2.53. The number of nitrogens with zero attached hydrogens (tertiary/aromatic N) is 2. The first-order chi connectivity index (χ1) is 5.38. The van der Waals surface area contributed by atoms with Crippen LogP contribution in [0.5, 0.6) is 0 Å². The zero-order valence-corrected chi connectivity index (χ0v) is 6.44. The third kappa shape index (κ3) is 0.963. The van der Waals surface area contributed by atoms with E-state index < -0.39 is 0 Å². The van der Waals surface area contributed by atoms with E-state index in [1.165, 1.54) is 5.69 Å². The highest BCUT2D eigenvalue weighted by Crippen LogP contribution is 2.01. The molecule has 0 saturated heterocycles. The zero-order valence-electron chi connectivity index (χ0n) is 6.44. The summed E-state index contributed by atoms with van der Waals surface area (Å²) in [5.74, 6) is 0. The predicted octanol–water partition coefficient (Wildman–Crippen LogP) is 1.91. The van der Waals surface area contributed by atoms with Crippen molar-refractivity contribution in [3.8, 4) is 0 Å². The Kier molecular flexibility index (Phi) is 1.32. The van der Waals surface area contributed by atoms with E-state index in [-0.39, 0.29) is 0 Å². The maximum atomic E-state index is 2.08. The van der Waals surface area contributed by atoms with Gasteiger partial charge in [-0.15, -0.1) is 0 Å². The van der Waals surface area contributed by atoms with Crippen LogP contribution in [0.2, 0.25) is 0 Å². The molecule has 2 heteroatoms. The van der Waals surface area contributed by atoms with Crippen molar-refractivity contribution in [1.82, 2.24) is 9.35 Å². The minimum absolute atomic E-state index is 1.24. The molecule has 11 heavy (non-hydrogen) atoms. The fourth-order valence-electron chi connectivity index (χ4n) is 1.19. The van der Waals surface area contributed by atoms with E-state index in [1.54, 1.807) is 0 Å². The summed E-state index contributed by atoms with van der Waals surface area (Å²) < 4.78 is 4.12. The molecule has 0 saturated carbocycles. The highest BCUT2D eigenvalue weighted by molar-refractivity contribution is 5.06. The van der Waals surface area contributed by atoms with Crippen LogP contribution >= 0.6 is 0 Å². The van der Waals surface area contributed by atoms with Gasteiger partial charge in [0.1, 0.15) is 0 Å². The molecule has 2 heterocycles. The number of aryl methyl sites for hydroxylation is 1. The third-order valence-corrected chi connectivity index (χ3v) is 1.76. The first-order valence-corrected chi connectivity index (χ1v) is 3.65. The highest BCUT2D eigenvalue weighted by atomic mass is 15.4. The maximum Gasteiger partial charge on any atom is 0.0373 e. The molecule has 0 atom stereocenters. The summed E-state index contributed by atoms with van der Waals surface area (Å²) in [5, 5.41) is 0. The smallest absolute Gasteiger partial charge is 0.0373 e. The van der Waals surface area contributed by atoms with Crippen LogP contribution < -0.4 is 0 Å². The first-order valence-electron chi connectivity index (χ1n) is 3.65. The second-order valence-electron chi connectivity index (χ2n) is 2.56. The van der Waals surface area contributed by atoms with Crippen LogP contribution in [0, 0.1) is 6.92 Å².